The zero-order chi connectivity index (χ0) is 20.6. The van der Waals surface area contributed by atoms with E-state index in [2.05, 4.69) is 9.71 Å². The summed E-state index contributed by atoms with van der Waals surface area (Å²) in [5, 5.41) is 8.85. The molecule has 1 aromatic carbocycles. The second-order valence-electron chi connectivity index (χ2n) is 6.02. The van der Waals surface area contributed by atoms with Crippen molar-refractivity contribution >= 4 is 27.9 Å². The van der Waals surface area contributed by atoms with Crippen LogP contribution >= 0.6 is 0 Å². The third-order valence-electron chi connectivity index (χ3n) is 3.62. The number of rotatable bonds is 10. The fraction of sp³-hybridized carbons (Fsp3) is 0.438. The van der Waals surface area contributed by atoms with Gasteiger partial charge in [-0.05, 0) is 31.9 Å². The van der Waals surface area contributed by atoms with Crippen LogP contribution in [-0.4, -0.2) is 62.4 Å². The minimum atomic E-state index is -3.97. The molecule has 6 N–H and O–H groups in total. The van der Waals surface area contributed by atoms with Crippen LogP contribution in [-0.2, 0) is 19.6 Å². The predicted molar refractivity (Wildman–Crippen MR) is 100 cm³/mol. The van der Waals surface area contributed by atoms with Crippen LogP contribution in [0, 0.1) is 6.92 Å². The number of aliphatic carboxylic acids is 1. The molecule has 11 heteroatoms. The molecule has 0 heterocycles. The number of guanidine groups is 1. The molecule has 0 saturated carbocycles. The Bertz CT molecular complexity index is 788. The van der Waals surface area contributed by atoms with Crippen LogP contribution in [0.5, 0.6) is 0 Å². The largest absolute Gasteiger partial charge is 0.480 e. The van der Waals surface area contributed by atoms with Crippen LogP contribution in [0.25, 0.3) is 0 Å². The van der Waals surface area contributed by atoms with Gasteiger partial charge in [-0.15, -0.1) is 0 Å². The van der Waals surface area contributed by atoms with Gasteiger partial charge >= 0.3 is 5.97 Å². The van der Waals surface area contributed by atoms with Crippen LogP contribution in [0.2, 0.25) is 0 Å². The van der Waals surface area contributed by atoms with Crippen molar-refractivity contribution in [1.29, 1.82) is 0 Å². The van der Waals surface area contributed by atoms with E-state index in [1.807, 2.05) is 6.92 Å². The lowest BCUT2D eigenvalue weighted by molar-refractivity contribution is -0.144. The van der Waals surface area contributed by atoms with Crippen LogP contribution in [0.1, 0.15) is 18.4 Å². The summed E-state index contributed by atoms with van der Waals surface area (Å²) in [6.45, 7) is 1.48. The number of sulfonamides is 1. The molecule has 0 aliphatic rings. The number of carboxylic acid groups (broad SMARTS) is 1. The van der Waals surface area contributed by atoms with Crippen LogP contribution < -0.4 is 16.2 Å². The molecule has 1 aromatic rings. The molecule has 0 aromatic heterocycles. The highest BCUT2D eigenvalue weighted by molar-refractivity contribution is 7.89. The van der Waals surface area contributed by atoms with Crippen LogP contribution in [0.15, 0.2) is 34.2 Å². The van der Waals surface area contributed by atoms with Gasteiger partial charge in [0.25, 0.3) is 0 Å². The molecule has 0 aliphatic carbocycles. The van der Waals surface area contributed by atoms with E-state index in [1.165, 1.54) is 19.2 Å². The predicted octanol–water partition coefficient (Wildman–Crippen LogP) is -0.761. The summed E-state index contributed by atoms with van der Waals surface area (Å²) in [5.74, 6) is -1.97. The lowest BCUT2D eigenvalue weighted by Crippen LogP contribution is -2.48. The van der Waals surface area contributed by atoms with E-state index in [1.54, 1.807) is 12.1 Å². The Balaban J connectivity index is 2.97. The first-order valence-corrected chi connectivity index (χ1v) is 9.62. The molecular formula is C16H25N5O5S. The lowest BCUT2D eigenvalue weighted by Gasteiger charge is -2.23. The third-order valence-corrected chi connectivity index (χ3v) is 5.11. The summed E-state index contributed by atoms with van der Waals surface area (Å²) >= 11 is 0. The van der Waals surface area contributed by atoms with Gasteiger partial charge in [-0.1, -0.05) is 17.7 Å². The molecule has 150 valence electrons. The Morgan fingerprint density at radius 3 is 2.37 bits per heavy atom. The van der Waals surface area contributed by atoms with Crippen molar-refractivity contribution in [3.8, 4) is 0 Å². The molecule has 1 amide bonds. The Kier molecular flexibility index (Phi) is 8.19. The summed E-state index contributed by atoms with van der Waals surface area (Å²) in [7, 11) is -2.68. The molecule has 0 saturated heterocycles. The first kappa shape index (κ1) is 22.4. The van der Waals surface area contributed by atoms with E-state index in [4.69, 9.17) is 16.6 Å². The second kappa shape index (κ2) is 9.88. The first-order chi connectivity index (χ1) is 12.5. The van der Waals surface area contributed by atoms with E-state index >= 15 is 0 Å². The maximum Gasteiger partial charge on any atom is 0.323 e. The van der Waals surface area contributed by atoms with Gasteiger partial charge in [-0.25, -0.2) is 8.42 Å². The zero-order valence-electron chi connectivity index (χ0n) is 15.3. The highest BCUT2D eigenvalue weighted by atomic mass is 32.2. The van der Waals surface area contributed by atoms with Crippen molar-refractivity contribution in [3.63, 3.8) is 0 Å². The Hall–Kier alpha value is -2.66. The van der Waals surface area contributed by atoms with Gasteiger partial charge in [-0.3, -0.25) is 14.6 Å². The molecule has 10 nitrogen and oxygen atoms in total. The SMILES string of the molecule is Cc1ccc(S(=O)(=O)N[C@@H](CCCN=C(N)N)C(=O)N(C)CC(=O)O)cc1. The molecule has 0 fully saturated rings. The number of likely N-dealkylation sites (N-methyl/N-ethyl adjacent to an activating group) is 1. The second-order valence-corrected chi connectivity index (χ2v) is 7.74. The van der Waals surface area contributed by atoms with Crippen molar-refractivity contribution in [3.05, 3.63) is 29.8 Å². The Morgan fingerprint density at radius 1 is 1.26 bits per heavy atom. The summed E-state index contributed by atoms with van der Waals surface area (Å²) in [4.78, 5) is 28.1. The van der Waals surface area contributed by atoms with Gasteiger partial charge in [0, 0.05) is 13.6 Å². The van der Waals surface area contributed by atoms with Crippen molar-refractivity contribution in [2.75, 3.05) is 20.1 Å². The number of aliphatic imine (C=N–C) groups is 1. The molecule has 1 rings (SSSR count). The average molecular weight is 399 g/mol. The number of amides is 1. The summed E-state index contributed by atoms with van der Waals surface area (Å²) in [6.07, 6.45) is 0.427. The molecule has 0 spiro atoms. The fourth-order valence-electron chi connectivity index (χ4n) is 2.26. The quantitative estimate of drug-likeness (QED) is 0.228. The zero-order valence-corrected chi connectivity index (χ0v) is 16.1. The van der Waals surface area contributed by atoms with E-state index in [9.17, 15) is 18.0 Å². The average Bonchev–Trinajstić information content (AvgIpc) is 2.56. The van der Waals surface area contributed by atoms with Gasteiger partial charge in [0.2, 0.25) is 15.9 Å². The normalized spacial score (nSPS) is 12.2. The number of hydrogen-bond acceptors (Lipinski definition) is 5. The van der Waals surface area contributed by atoms with E-state index in [0.29, 0.717) is 6.42 Å². The summed E-state index contributed by atoms with van der Waals surface area (Å²) in [5.41, 5.74) is 11.4. The number of nitrogens with zero attached hydrogens (tertiary/aromatic N) is 2. The molecule has 0 aliphatic heterocycles. The topological polar surface area (TPSA) is 168 Å². The number of aryl methyl sites for hydroxylation is 1. The number of carbonyl (C=O) groups excluding carboxylic acids is 1. The molecule has 0 radical (unpaired) electrons. The van der Waals surface area contributed by atoms with Gasteiger partial charge in [0.05, 0.1) is 4.90 Å². The van der Waals surface area contributed by atoms with Gasteiger partial charge < -0.3 is 21.5 Å². The first-order valence-electron chi connectivity index (χ1n) is 8.14. The molecular weight excluding hydrogens is 374 g/mol. The number of carboxylic acids is 1. The highest BCUT2D eigenvalue weighted by Crippen LogP contribution is 2.13. The van der Waals surface area contributed by atoms with Crippen molar-refractivity contribution in [1.82, 2.24) is 9.62 Å². The Labute approximate surface area is 158 Å². The minimum Gasteiger partial charge on any atom is -0.480 e. The maximum atomic E-state index is 12.6. The molecule has 1 atom stereocenters. The summed E-state index contributed by atoms with van der Waals surface area (Å²) < 4.78 is 27.5. The lowest BCUT2D eigenvalue weighted by atomic mass is 10.1. The van der Waals surface area contributed by atoms with Crippen molar-refractivity contribution < 1.29 is 23.1 Å². The number of hydrogen-bond donors (Lipinski definition) is 4. The number of carbonyl (C=O) groups is 2. The minimum absolute atomic E-state index is 0.0102. The molecule has 0 bridgehead atoms. The van der Waals surface area contributed by atoms with E-state index in [0.717, 1.165) is 10.5 Å². The number of nitrogens with two attached hydrogens (primary N) is 2. The van der Waals surface area contributed by atoms with Crippen LogP contribution in [0.4, 0.5) is 0 Å². The van der Waals surface area contributed by atoms with Gasteiger partial charge in [0.15, 0.2) is 5.96 Å². The molecule has 27 heavy (non-hydrogen) atoms. The van der Waals surface area contributed by atoms with Crippen molar-refractivity contribution in [2.24, 2.45) is 16.5 Å². The fourth-order valence-corrected chi connectivity index (χ4v) is 3.48. The Morgan fingerprint density at radius 2 is 1.85 bits per heavy atom. The number of benzene rings is 1. The van der Waals surface area contributed by atoms with Crippen molar-refractivity contribution in [2.45, 2.75) is 30.7 Å². The van der Waals surface area contributed by atoms with E-state index in [-0.39, 0.29) is 23.8 Å². The molecule has 0 unspecified atom stereocenters. The van der Waals surface area contributed by atoms with E-state index < -0.39 is 34.5 Å². The monoisotopic (exact) mass is 399 g/mol. The standard InChI is InChI=1S/C16H25N5O5S/c1-11-5-7-12(8-6-11)27(25,26)20-13(4-3-9-19-16(17)18)15(24)21(2)10-14(22)23/h5-8,13,20H,3-4,9-10H2,1-2H3,(H,22,23)(H4,17,18,19)/t13-/m0/s1. The van der Waals surface area contributed by atoms with Crippen LogP contribution in [0.3, 0.4) is 0 Å². The summed E-state index contributed by atoms with van der Waals surface area (Å²) in [6, 6.07) is 5.00. The smallest absolute Gasteiger partial charge is 0.323 e. The van der Waals surface area contributed by atoms with Gasteiger partial charge in [-0.2, -0.15) is 4.72 Å². The third kappa shape index (κ3) is 7.62. The maximum absolute atomic E-state index is 12.6. The number of nitrogens with one attached hydrogen (secondary N) is 1. The highest BCUT2D eigenvalue weighted by Gasteiger charge is 2.28. The van der Waals surface area contributed by atoms with Gasteiger partial charge in [0.1, 0.15) is 12.6 Å².